The summed E-state index contributed by atoms with van der Waals surface area (Å²) in [6.45, 7) is 2.31. The molecule has 0 saturated heterocycles. The molecule has 4 rings (SSSR count). The van der Waals surface area contributed by atoms with E-state index in [0.717, 1.165) is 23.1 Å². The summed E-state index contributed by atoms with van der Waals surface area (Å²) in [7, 11) is 0. The van der Waals surface area contributed by atoms with Crippen LogP contribution < -0.4 is 21.9 Å². The van der Waals surface area contributed by atoms with Gasteiger partial charge in [0, 0.05) is 5.56 Å². The van der Waals surface area contributed by atoms with Crippen LogP contribution in [0.25, 0.3) is 0 Å². The van der Waals surface area contributed by atoms with Crippen LogP contribution in [0.3, 0.4) is 0 Å². The van der Waals surface area contributed by atoms with Gasteiger partial charge in [0.2, 0.25) is 0 Å². The summed E-state index contributed by atoms with van der Waals surface area (Å²) in [5, 5.41) is 0. The highest BCUT2D eigenvalue weighted by molar-refractivity contribution is 6.07. The Morgan fingerprint density at radius 3 is 2.03 bits per heavy atom. The molecule has 4 aromatic rings. The molecule has 0 saturated carbocycles. The highest BCUT2D eigenvalue weighted by atomic mass is 16.2. The van der Waals surface area contributed by atoms with Crippen LogP contribution in [-0.2, 0) is 19.5 Å². The SMILES string of the molecule is CCc1ccc(C(=O)N(Cc2ccccc2)c2c(N)n(Cc3ccccc3)c(=O)[nH]c2=O)cc1. The molecular weight excluding hydrogens is 428 g/mol. The molecule has 0 radical (unpaired) electrons. The molecule has 7 nitrogen and oxygen atoms in total. The summed E-state index contributed by atoms with van der Waals surface area (Å²) in [6.07, 6.45) is 0.846. The Kier molecular flexibility index (Phi) is 6.73. The predicted molar refractivity (Wildman–Crippen MR) is 134 cm³/mol. The first-order chi connectivity index (χ1) is 16.5. The van der Waals surface area contributed by atoms with E-state index in [4.69, 9.17) is 5.73 Å². The molecular formula is C27H26N4O3. The second-order valence-corrected chi connectivity index (χ2v) is 7.99. The van der Waals surface area contributed by atoms with Crippen LogP contribution in [0, 0.1) is 0 Å². The van der Waals surface area contributed by atoms with Crippen molar-refractivity contribution in [2.24, 2.45) is 0 Å². The van der Waals surface area contributed by atoms with Crippen molar-refractivity contribution in [1.29, 1.82) is 0 Å². The molecule has 34 heavy (non-hydrogen) atoms. The van der Waals surface area contributed by atoms with Gasteiger partial charge in [0.15, 0.2) is 5.69 Å². The molecule has 7 heteroatoms. The number of aryl methyl sites for hydroxylation is 1. The molecule has 0 atom stereocenters. The number of nitrogens with two attached hydrogens (primary N) is 1. The van der Waals surface area contributed by atoms with Crippen molar-refractivity contribution in [3.8, 4) is 0 Å². The lowest BCUT2D eigenvalue weighted by molar-refractivity contribution is 0.0984. The number of H-pyrrole nitrogens is 1. The number of nitrogens with zero attached hydrogens (tertiary/aromatic N) is 2. The number of aromatic amines is 1. The average Bonchev–Trinajstić information content (AvgIpc) is 2.87. The number of carbonyl (C=O) groups is 1. The van der Waals surface area contributed by atoms with Gasteiger partial charge in [-0.05, 0) is 35.2 Å². The van der Waals surface area contributed by atoms with Crippen LogP contribution in [0.15, 0.2) is 94.5 Å². The Morgan fingerprint density at radius 1 is 0.853 bits per heavy atom. The van der Waals surface area contributed by atoms with Crippen molar-refractivity contribution in [3.05, 3.63) is 128 Å². The van der Waals surface area contributed by atoms with E-state index >= 15 is 0 Å². The Balaban J connectivity index is 1.83. The van der Waals surface area contributed by atoms with Crippen LogP contribution >= 0.6 is 0 Å². The summed E-state index contributed by atoms with van der Waals surface area (Å²) in [6, 6.07) is 25.9. The van der Waals surface area contributed by atoms with Crippen molar-refractivity contribution in [3.63, 3.8) is 0 Å². The lowest BCUT2D eigenvalue weighted by atomic mass is 10.1. The maximum Gasteiger partial charge on any atom is 0.330 e. The van der Waals surface area contributed by atoms with E-state index in [-0.39, 0.29) is 30.5 Å². The van der Waals surface area contributed by atoms with Crippen molar-refractivity contribution in [1.82, 2.24) is 9.55 Å². The molecule has 0 unspecified atom stereocenters. The second kappa shape index (κ2) is 10.0. The lowest BCUT2D eigenvalue weighted by Gasteiger charge is -2.25. The van der Waals surface area contributed by atoms with Crippen LogP contribution in [0.4, 0.5) is 11.5 Å². The molecule has 0 fully saturated rings. The topological polar surface area (TPSA) is 101 Å². The third-order valence-corrected chi connectivity index (χ3v) is 5.71. The van der Waals surface area contributed by atoms with Gasteiger partial charge in [-0.3, -0.25) is 24.0 Å². The number of nitrogens with one attached hydrogen (secondary N) is 1. The van der Waals surface area contributed by atoms with Gasteiger partial charge in [-0.1, -0.05) is 79.7 Å². The van der Waals surface area contributed by atoms with Crippen LogP contribution in [0.2, 0.25) is 0 Å². The number of anilines is 2. The second-order valence-electron chi connectivity index (χ2n) is 7.99. The van der Waals surface area contributed by atoms with E-state index in [1.807, 2.05) is 79.7 Å². The average molecular weight is 455 g/mol. The highest BCUT2D eigenvalue weighted by Gasteiger charge is 2.25. The third-order valence-electron chi connectivity index (χ3n) is 5.71. The summed E-state index contributed by atoms with van der Waals surface area (Å²) in [5.41, 5.74) is 8.19. The van der Waals surface area contributed by atoms with Crippen molar-refractivity contribution in [2.75, 3.05) is 10.6 Å². The summed E-state index contributed by atoms with van der Waals surface area (Å²) in [4.78, 5) is 42.9. The minimum atomic E-state index is -0.707. The number of aromatic nitrogens is 2. The van der Waals surface area contributed by atoms with Crippen molar-refractivity contribution in [2.45, 2.75) is 26.4 Å². The van der Waals surface area contributed by atoms with E-state index in [0.29, 0.717) is 5.56 Å². The van der Waals surface area contributed by atoms with Crippen molar-refractivity contribution < 1.29 is 4.79 Å². The molecule has 1 heterocycles. The van der Waals surface area contributed by atoms with Gasteiger partial charge in [-0.2, -0.15) is 0 Å². The van der Waals surface area contributed by atoms with E-state index in [1.54, 1.807) is 12.1 Å². The fraction of sp³-hybridized carbons (Fsp3) is 0.148. The van der Waals surface area contributed by atoms with Gasteiger partial charge < -0.3 is 5.73 Å². The zero-order valence-electron chi connectivity index (χ0n) is 18.9. The summed E-state index contributed by atoms with van der Waals surface area (Å²) in [5.74, 6) is -0.444. The first kappa shape index (κ1) is 22.8. The van der Waals surface area contributed by atoms with E-state index in [2.05, 4.69) is 4.98 Å². The van der Waals surface area contributed by atoms with E-state index < -0.39 is 11.2 Å². The molecule has 3 aromatic carbocycles. The molecule has 0 aliphatic rings. The maximum atomic E-state index is 13.6. The Labute approximate surface area is 197 Å². The minimum Gasteiger partial charge on any atom is -0.383 e. The van der Waals surface area contributed by atoms with Gasteiger partial charge in [-0.25, -0.2) is 4.79 Å². The van der Waals surface area contributed by atoms with Crippen LogP contribution in [0.5, 0.6) is 0 Å². The predicted octanol–water partition coefficient (Wildman–Crippen LogP) is 3.58. The Hall–Kier alpha value is -4.39. The number of hydrogen-bond donors (Lipinski definition) is 2. The van der Waals surface area contributed by atoms with Crippen LogP contribution in [0.1, 0.15) is 34.0 Å². The fourth-order valence-corrected chi connectivity index (χ4v) is 3.82. The fourth-order valence-electron chi connectivity index (χ4n) is 3.82. The van der Waals surface area contributed by atoms with E-state index in [1.165, 1.54) is 9.47 Å². The molecule has 1 aromatic heterocycles. The first-order valence-corrected chi connectivity index (χ1v) is 11.1. The Morgan fingerprint density at radius 2 is 1.44 bits per heavy atom. The third kappa shape index (κ3) is 4.83. The molecule has 0 spiro atoms. The Bertz CT molecular complexity index is 1390. The number of hydrogen-bond acceptors (Lipinski definition) is 4. The molecule has 172 valence electrons. The van der Waals surface area contributed by atoms with Gasteiger partial charge in [-0.15, -0.1) is 0 Å². The first-order valence-electron chi connectivity index (χ1n) is 11.1. The van der Waals surface area contributed by atoms with E-state index in [9.17, 15) is 14.4 Å². The summed E-state index contributed by atoms with van der Waals surface area (Å²) >= 11 is 0. The highest BCUT2D eigenvalue weighted by Crippen LogP contribution is 2.23. The smallest absolute Gasteiger partial charge is 0.330 e. The quantitative estimate of drug-likeness (QED) is 0.446. The minimum absolute atomic E-state index is 0.0519. The normalized spacial score (nSPS) is 10.7. The molecule has 0 aliphatic carbocycles. The van der Waals surface area contributed by atoms with Gasteiger partial charge in [0.1, 0.15) is 5.82 Å². The van der Waals surface area contributed by atoms with Gasteiger partial charge in [0.05, 0.1) is 13.1 Å². The zero-order chi connectivity index (χ0) is 24.1. The molecule has 0 aliphatic heterocycles. The van der Waals surface area contributed by atoms with Gasteiger partial charge >= 0.3 is 5.69 Å². The standard InChI is InChI=1S/C27H26N4O3/c1-2-19-13-15-22(16-14-19)26(33)30(17-20-9-5-3-6-10-20)23-24(28)31(27(34)29-25(23)32)18-21-11-7-4-8-12-21/h3-16H,2,17-18,28H2,1H3,(H,29,32,34). The van der Waals surface area contributed by atoms with Gasteiger partial charge in [0.25, 0.3) is 11.5 Å². The number of amides is 1. The van der Waals surface area contributed by atoms with Crippen molar-refractivity contribution >= 4 is 17.4 Å². The molecule has 0 bridgehead atoms. The lowest BCUT2D eigenvalue weighted by Crippen LogP contribution is -2.41. The molecule has 1 amide bonds. The maximum absolute atomic E-state index is 13.6. The summed E-state index contributed by atoms with van der Waals surface area (Å²) < 4.78 is 1.28. The number of benzene rings is 3. The monoisotopic (exact) mass is 454 g/mol. The van der Waals surface area contributed by atoms with Crippen LogP contribution in [-0.4, -0.2) is 15.5 Å². The number of rotatable bonds is 7. The number of nitrogen functional groups attached to an aromatic ring is 1. The number of carbonyl (C=O) groups excluding carboxylic acids is 1. The largest absolute Gasteiger partial charge is 0.383 e. The molecule has 3 N–H and O–H groups in total. The zero-order valence-corrected chi connectivity index (χ0v) is 18.9.